The average Bonchev–Trinajstić information content (AvgIpc) is 2.92. The van der Waals surface area contributed by atoms with Crippen LogP contribution in [0.4, 0.5) is 0 Å². The maximum absolute atomic E-state index is 12.8. The summed E-state index contributed by atoms with van der Waals surface area (Å²) >= 11 is 0. The van der Waals surface area contributed by atoms with E-state index in [1.807, 2.05) is 6.92 Å². The lowest BCUT2D eigenvalue weighted by Gasteiger charge is -2.25. The Balaban J connectivity index is 1.85. The van der Waals surface area contributed by atoms with Crippen molar-refractivity contribution in [2.75, 3.05) is 7.11 Å². The highest BCUT2D eigenvalue weighted by molar-refractivity contribution is 6.12. The molecule has 1 aromatic rings. The minimum Gasteiger partial charge on any atom is -0.468 e. The van der Waals surface area contributed by atoms with Crippen molar-refractivity contribution in [3.8, 4) is 0 Å². The first-order valence-corrected chi connectivity index (χ1v) is 8.98. The van der Waals surface area contributed by atoms with E-state index in [1.165, 1.54) is 13.5 Å². The first kappa shape index (κ1) is 17.7. The lowest BCUT2D eigenvalue weighted by molar-refractivity contribution is -0.145. The van der Waals surface area contributed by atoms with Crippen LogP contribution < -0.4 is 0 Å². The van der Waals surface area contributed by atoms with Crippen LogP contribution in [0, 0.1) is 18.8 Å². The number of rotatable bonds is 3. The van der Waals surface area contributed by atoms with Crippen molar-refractivity contribution >= 4 is 17.7 Å². The van der Waals surface area contributed by atoms with Crippen LogP contribution in [0.15, 0.2) is 0 Å². The summed E-state index contributed by atoms with van der Waals surface area (Å²) in [5.74, 6) is -2.18. The van der Waals surface area contributed by atoms with E-state index >= 15 is 0 Å². The van der Waals surface area contributed by atoms with E-state index in [4.69, 9.17) is 9.47 Å². The molecule has 0 spiro atoms. The SMILES string of the molecule is COC(=O)[C@@H]1C(=O)c2c([nH]c(C(=O)OC3CCCCC3)c2C)C[C@@H]1C. The molecule has 2 atom stereocenters. The van der Waals surface area contributed by atoms with Crippen LogP contribution in [0.25, 0.3) is 0 Å². The molecule has 0 bridgehead atoms. The van der Waals surface area contributed by atoms with Crippen LogP contribution in [0.2, 0.25) is 0 Å². The van der Waals surface area contributed by atoms with Gasteiger partial charge in [-0.2, -0.15) is 0 Å². The molecule has 0 amide bonds. The van der Waals surface area contributed by atoms with Gasteiger partial charge in [-0.05, 0) is 50.5 Å². The number of H-pyrrole nitrogens is 1. The van der Waals surface area contributed by atoms with Crippen molar-refractivity contribution in [1.29, 1.82) is 0 Å². The molecule has 1 saturated carbocycles. The van der Waals surface area contributed by atoms with Crippen molar-refractivity contribution < 1.29 is 23.9 Å². The lowest BCUT2D eigenvalue weighted by atomic mass is 9.77. The molecule has 1 fully saturated rings. The summed E-state index contributed by atoms with van der Waals surface area (Å²) in [7, 11) is 1.29. The summed E-state index contributed by atoms with van der Waals surface area (Å²) in [5, 5.41) is 0. The Kier molecular flexibility index (Phi) is 4.97. The molecule has 2 aliphatic carbocycles. The minimum absolute atomic E-state index is 0.0431. The van der Waals surface area contributed by atoms with Crippen LogP contribution in [0.5, 0.6) is 0 Å². The molecule has 0 radical (unpaired) electrons. The normalized spacial score (nSPS) is 23.9. The number of nitrogens with one attached hydrogen (secondary N) is 1. The predicted molar refractivity (Wildman–Crippen MR) is 90.5 cm³/mol. The predicted octanol–water partition coefficient (Wildman–Crippen LogP) is 2.98. The third kappa shape index (κ3) is 3.22. The van der Waals surface area contributed by atoms with Gasteiger partial charge in [-0.1, -0.05) is 13.3 Å². The number of hydrogen-bond acceptors (Lipinski definition) is 5. The Morgan fingerprint density at radius 2 is 1.84 bits per heavy atom. The van der Waals surface area contributed by atoms with Gasteiger partial charge in [-0.15, -0.1) is 0 Å². The molecule has 1 aromatic heterocycles. The molecule has 6 heteroatoms. The van der Waals surface area contributed by atoms with Crippen molar-refractivity contribution in [2.45, 2.75) is 58.5 Å². The van der Waals surface area contributed by atoms with E-state index in [0.29, 0.717) is 28.9 Å². The molecular weight excluding hydrogens is 322 g/mol. The number of ketones is 1. The molecule has 0 aliphatic heterocycles. The minimum atomic E-state index is -0.811. The quantitative estimate of drug-likeness (QED) is 0.671. The fourth-order valence-electron chi connectivity index (χ4n) is 4.06. The molecule has 1 N–H and O–H groups in total. The third-order valence-corrected chi connectivity index (χ3v) is 5.44. The Labute approximate surface area is 147 Å². The summed E-state index contributed by atoms with van der Waals surface area (Å²) < 4.78 is 10.4. The highest BCUT2D eigenvalue weighted by Crippen LogP contribution is 2.34. The number of fused-ring (bicyclic) bond motifs is 1. The third-order valence-electron chi connectivity index (χ3n) is 5.44. The summed E-state index contributed by atoms with van der Waals surface area (Å²) in [4.78, 5) is 40.4. The number of ether oxygens (including phenoxy) is 2. The van der Waals surface area contributed by atoms with Gasteiger partial charge in [0, 0.05) is 11.3 Å². The first-order valence-electron chi connectivity index (χ1n) is 8.98. The van der Waals surface area contributed by atoms with Gasteiger partial charge in [-0.25, -0.2) is 4.79 Å². The molecule has 2 aliphatic rings. The van der Waals surface area contributed by atoms with E-state index in [2.05, 4.69) is 4.98 Å². The molecule has 0 unspecified atom stereocenters. The topological polar surface area (TPSA) is 85.5 Å². The fourth-order valence-corrected chi connectivity index (χ4v) is 4.06. The number of aromatic amines is 1. The van der Waals surface area contributed by atoms with E-state index in [0.717, 1.165) is 25.7 Å². The van der Waals surface area contributed by atoms with Crippen LogP contribution in [-0.4, -0.2) is 35.9 Å². The van der Waals surface area contributed by atoms with Crippen LogP contribution in [0.1, 0.15) is 71.1 Å². The first-order chi connectivity index (χ1) is 11.9. The van der Waals surface area contributed by atoms with E-state index in [1.54, 1.807) is 6.92 Å². The number of methoxy groups -OCH3 is 1. The monoisotopic (exact) mass is 347 g/mol. The molecule has 0 aromatic carbocycles. The lowest BCUT2D eigenvalue weighted by Crippen LogP contribution is -2.36. The Bertz CT molecular complexity index is 699. The van der Waals surface area contributed by atoms with Gasteiger partial charge in [0.1, 0.15) is 17.7 Å². The molecule has 3 rings (SSSR count). The largest absolute Gasteiger partial charge is 0.468 e. The zero-order valence-corrected chi connectivity index (χ0v) is 15.0. The summed E-state index contributed by atoms with van der Waals surface area (Å²) in [6.45, 7) is 3.58. The van der Waals surface area contributed by atoms with E-state index in [-0.39, 0.29) is 17.8 Å². The second-order valence-corrected chi connectivity index (χ2v) is 7.19. The summed E-state index contributed by atoms with van der Waals surface area (Å²) in [6, 6.07) is 0. The molecule has 6 nitrogen and oxygen atoms in total. The molecule has 25 heavy (non-hydrogen) atoms. The molecule has 136 valence electrons. The van der Waals surface area contributed by atoms with Crippen molar-refractivity contribution in [2.24, 2.45) is 11.8 Å². The standard InChI is InChI=1S/C19H25NO5/c1-10-9-13-15(17(21)14(10)18(22)24-3)11(2)16(20-13)19(23)25-12-7-5-4-6-8-12/h10,12,14,20H,4-9H2,1-3H3/t10-,14-/m0/s1. The van der Waals surface area contributed by atoms with Crippen molar-refractivity contribution in [3.63, 3.8) is 0 Å². The summed E-state index contributed by atoms with van der Waals surface area (Å²) in [5.41, 5.74) is 2.07. The zero-order valence-electron chi connectivity index (χ0n) is 15.0. The van der Waals surface area contributed by atoms with E-state index < -0.39 is 17.9 Å². The highest BCUT2D eigenvalue weighted by atomic mass is 16.5. The number of hydrogen-bond donors (Lipinski definition) is 1. The van der Waals surface area contributed by atoms with E-state index in [9.17, 15) is 14.4 Å². The molecule has 0 saturated heterocycles. The van der Waals surface area contributed by atoms with Crippen molar-refractivity contribution in [3.05, 3.63) is 22.5 Å². The smallest absolute Gasteiger partial charge is 0.355 e. The Morgan fingerprint density at radius 3 is 2.48 bits per heavy atom. The number of Topliss-reactive ketones (excluding diaryl/α,β-unsaturated/α-hetero) is 1. The second kappa shape index (κ2) is 7.02. The van der Waals surface area contributed by atoms with Gasteiger partial charge in [0.05, 0.1) is 7.11 Å². The maximum Gasteiger partial charge on any atom is 0.355 e. The van der Waals surface area contributed by atoms with Crippen LogP contribution >= 0.6 is 0 Å². The van der Waals surface area contributed by atoms with Gasteiger partial charge in [0.2, 0.25) is 0 Å². The Morgan fingerprint density at radius 1 is 1.16 bits per heavy atom. The average molecular weight is 347 g/mol. The number of aromatic nitrogens is 1. The van der Waals surface area contributed by atoms with Gasteiger partial charge < -0.3 is 14.5 Å². The van der Waals surface area contributed by atoms with Gasteiger partial charge in [0.15, 0.2) is 5.78 Å². The number of esters is 2. The summed E-state index contributed by atoms with van der Waals surface area (Å²) in [6.07, 6.45) is 5.61. The van der Waals surface area contributed by atoms with Gasteiger partial charge in [-0.3, -0.25) is 9.59 Å². The van der Waals surface area contributed by atoms with Gasteiger partial charge >= 0.3 is 11.9 Å². The number of carbonyl (C=O) groups is 3. The van der Waals surface area contributed by atoms with Gasteiger partial charge in [0.25, 0.3) is 0 Å². The van der Waals surface area contributed by atoms with Crippen LogP contribution in [0.3, 0.4) is 0 Å². The van der Waals surface area contributed by atoms with Crippen LogP contribution in [-0.2, 0) is 20.7 Å². The number of carbonyl (C=O) groups excluding carboxylic acids is 3. The highest BCUT2D eigenvalue weighted by Gasteiger charge is 2.42. The second-order valence-electron chi connectivity index (χ2n) is 7.19. The zero-order chi connectivity index (χ0) is 18.1. The van der Waals surface area contributed by atoms with Crippen molar-refractivity contribution in [1.82, 2.24) is 4.98 Å². The molecular formula is C19H25NO5. The molecule has 1 heterocycles. The fraction of sp³-hybridized carbons (Fsp3) is 0.632. The maximum atomic E-state index is 12.8. The Hall–Kier alpha value is -2.11.